The highest BCUT2D eigenvalue weighted by molar-refractivity contribution is 7.16. The third-order valence-corrected chi connectivity index (χ3v) is 5.82. The van der Waals surface area contributed by atoms with Gasteiger partial charge in [-0.3, -0.25) is 10.1 Å². The van der Waals surface area contributed by atoms with E-state index in [2.05, 4.69) is 29.1 Å². The van der Waals surface area contributed by atoms with Crippen LogP contribution in [0.25, 0.3) is 0 Å². The molecule has 1 N–H and O–H groups in total. The maximum Gasteiger partial charge on any atom is 0.269 e. The van der Waals surface area contributed by atoms with E-state index < -0.39 is 0 Å². The summed E-state index contributed by atoms with van der Waals surface area (Å²) >= 11 is 2.79. The number of carbonyl (C=O) groups excluding carboxylic acids is 1. The van der Waals surface area contributed by atoms with Crippen molar-refractivity contribution in [2.75, 3.05) is 5.32 Å². The van der Waals surface area contributed by atoms with Crippen LogP contribution < -0.4 is 5.32 Å². The predicted molar refractivity (Wildman–Crippen MR) is 105 cm³/mol. The highest BCUT2D eigenvalue weighted by Crippen LogP contribution is 2.25. The number of hydrogen-bond acceptors (Lipinski definition) is 5. The molecule has 3 rings (SSSR count). The van der Waals surface area contributed by atoms with E-state index >= 15 is 0 Å². The number of anilines is 1. The molecule has 0 fully saturated rings. The van der Waals surface area contributed by atoms with Crippen LogP contribution in [-0.2, 0) is 12.8 Å². The number of aryl methyl sites for hydroxylation is 1. The van der Waals surface area contributed by atoms with Gasteiger partial charge in [0.1, 0.15) is 10.7 Å². The van der Waals surface area contributed by atoms with Gasteiger partial charge >= 0.3 is 0 Å². The third-order valence-electron chi connectivity index (χ3n) is 3.73. The molecule has 0 aliphatic carbocycles. The standard InChI is InChI=1S/C19H20FN3OS2/c1-11(2)8-16-22-12(3)17(26-16)18(24)23-19-21-10-14(25-19)9-13-6-4-5-7-15(13)20/h4-7,10-11H,8-9H2,1-3H3,(H,21,23,24). The Morgan fingerprint density at radius 1 is 1.27 bits per heavy atom. The van der Waals surface area contributed by atoms with Gasteiger partial charge in [0.05, 0.1) is 10.7 Å². The molecule has 136 valence electrons. The summed E-state index contributed by atoms with van der Waals surface area (Å²) in [5.41, 5.74) is 1.36. The Morgan fingerprint density at radius 2 is 2.04 bits per heavy atom. The minimum atomic E-state index is -0.232. The fraction of sp³-hybridized carbons (Fsp3) is 0.316. The van der Waals surface area contributed by atoms with E-state index in [9.17, 15) is 9.18 Å². The number of amides is 1. The van der Waals surface area contributed by atoms with Crippen molar-refractivity contribution in [1.82, 2.24) is 9.97 Å². The van der Waals surface area contributed by atoms with Crippen LogP contribution in [0, 0.1) is 18.7 Å². The fourth-order valence-electron chi connectivity index (χ4n) is 2.53. The average molecular weight is 390 g/mol. The minimum Gasteiger partial charge on any atom is -0.297 e. The summed E-state index contributed by atoms with van der Waals surface area (Å²) in [5, 5.41) is 4.32. The molecule has 0 aliphatic rings. The number of halogens is 1. The van der Waals surface area contributed by atoms with Gasteiger partial charge in [0.15, 0.2) is 5.13 Å². The fourth-order valence-corrected chi connectivity index (χ4v) is 4.53. The van der Waals surface area contributed by atoms with Crippen LogP contribution in [0.15, 0.2) is 30.5 Å². The molecule has 0 aliphatic heterocycles. The van der Waals surface area contributed by atoms with Crippen LogP contribution in [-0.4, -0.2) is 15.9 Å². The van der Waals surface area contributed by atoms with E-state index in [1.54, 1.807) is 18.3 Å². The van der Waals surface area contributed by atoms with Crippen molar-refractivity contribution in [2.45, 2.75) is 33.6 Å². The smallest absolute Gasteiger partial charge is 0.269 e. The Hall–Kier alpha value is -2.12. The number of nitrogens with one attached hydrogen (secondary N) is 1. The molecule has 0 atom stereocenters. The van der Waals surface area contributed by atoms with Gasteiger partial charge in [-0.25, -0.2) is 14.4 Å². The van der Waals surface area contributed by atoms with Crippen molar-refractivity contribution < 1.29 is 9.18 Å². The zero-order valence-electron chi connectivity index (χ0n) is 14.9. The molecule has 1 amide bonds. The van der Waals surface area contributed by atoms with E-state index in [4.69, 9.17) is 0 Å². The molecule has 0 bridgehead atoms. The van der Waals surface area contributed by atoms with Gasteiger partial charge in [0.2, 0.25) is 0 Å². The Balaban J connectivity index is 1.68. The lowest BCUT2D eigenvalue weighted by Gasteiger charge is -2.00. The van der Waals surface area contributed by atoms with Crippen LogP contribution >= 0.6 is 22.7 Å². The summed E-state index contributed by atoms with van der Waals surface area (Å²) in [6, 6.07) is 6.68. The number of nitrogens with zero attached hydrogens (tertiary/aromatic N) is 2. The summed E-state index contributed by atoms with van der Waals surface area (Å²) < 4.78 is 13.8. The number of benzene rings is 1. The molecule has 2 aromatic heterocycles. The molecule has 0 radical (unpaired) electrons. The second-order valence-corrected chi connectivity index (χ2v) is 8.67. The molecular formula is C19H20FN3OS2. The molecule has 4 nitrogen and oxygen atoms in total. The van der Waals surface area contributed by atoms with Crippen molar-refractivity contribution in [3.8, 4) is 0 Å². The number of carbonyl (C=O) groups is 1. The first-order chi connectivity index (χ1) is 12.4. The van der Waals surface area contributed by atoms with Crippen molar-refractivity contribution >= 4 is 33.7 Å². The van der Waals surface area contributed by atoms with E-state index in [1.807, 2.05) is 13.0 Å². The molecule has 1 aromatic carbocycles. The quantitative estimate of drug-likeness (QED) is 0.639. The zero-order chi connectivity index (χ0) is 18.7. The van der Waals surface area contributed by atoms with Crippen LogP contribution in [0.1, 0.15) is 44.7 Å². The third kappa shape index (κ3) is 4.53. The van der Waals surface area contributed by atoms with E-state index in [-0.39, 0.29) is 11.7 Å². The Kier molecular flexibility index (Phi) is 5.78. The number of aromatic nitrogens is 2. The molecule has 3 aromatic rings. The monoisotopic (exact) mass is 389 g/mol. The highest BCUT2D eigenvalue weighted by Gasteiger charge is 2.17. The van der Waals surface area contributed by atoms with Crippen molar-refractivity contribution in [1.29, 1.82) is 0 Å². The maximum absolute atomic E-state index is 13.8. The minimum absolute atomic E-state index is 0.193. The van der Waals surface area contributed by atoms with Crippen LogP contribution in [0.5, 0.6) is 0 Å². The normalized spacial score (nSPS) is 11.1. The molecule has 0 saturated carbocycles. The van der Waals surface area contributed by atoms with Gasteiger partial charge in [0, 0.05) is 23.9 Å². The molecule has 2 heterocycles. The van der Waals surface area contributed by atoms with Gasteiger partial charge in [-0.05, 0) is 24.5 Å². The van der Waals surface area contributed by atoms with Gasteiger partial charge in [0.25, 0.3) is 5.91 Å². The summed E-state index contributed by atoms with van der Waals surface area (Å²) in [6.45, 7) is 6.10. The molecule has 26 heavy (non-hydrogen) atoms. The first kappa shape index (κ1) is 18.7. The molecule has 0 unspecified atom stereocenters. The Labute approximate surface area is 160 Å². The predicted octanol–water partition coefficient (Wildman–Crippen LogP) is 5.09. The summed E-state index contributed by atoms with van der Waals surface area (Å²) in [7, 11) is 0. The summed E-state index contributed by atoms with van der Waals surface area (Å²) in [6.07, 6.45) is 3.00. The number of rotatable bonds is 6. The number of hydrogen-bond donors (Lipinski definition) is 1. The van der Waals surface area contributed by atoms with E-state index in [0.29, 0.717) is 27.9 Å². The summed E-state index contributed by atoms with van der Waals surface area (Å²) in [5.74, 6) is 0.0719. The van der Waals surface area contributed by atoms with Crippen molar-refractivity contribution in [3.63, 3.8) is 0 Å². The van der Waals surface area contributed by atoms with Crippen molar-refractivity contribution in [3.05, 3.63) is 62.3 Å². The lowest BCUT2D eigenvalue weighted by Crippen LogP contribution is -2.11. The lowest BCUT2D eigenvalue weighted by molar-refractivity contribution is 0.103. The second kappa shape index (κ2) is 8.05. The lowest BCUT2D eigenvalue weighted by atomic mass is 10.1. The van der Waals surface area contributed by atoms with Gasteiger partial charge in [-0.1, -0.05) is 32.0 Å². The Bertz CT molecular complexity index is 917. The van der Waals surface area contributed by atoms with E-state index in [0.717, 1.165) is 22.0 Å². The molecule has 0 spiro atoms. The van der Waals surface area contributed by atoms with E-state index in [1.165, 1.54) is 28.7 Å². The van der Waals surface area contributed by atoms with Gasteiger partial charge < -0.3 is 0 Å². The average Bonchev–Trinajstić information content (AvgIpc) is 3.15. The topological polar surface area (TPSA) is 54.9 Å². The van der Waals surface area contributed by atoms with Gasteiger partial charge in [-0.2, -0.15) is 0 Å². The molecule has 0 saturated heterocycles. The first-order valence-electron chi connectivity index (χ1n) is 8.38. The number of thiazole rings is 2. The Morgan fingerprint density at radius 3 is 2.77 bits per heavy atom. The van der Waals surface area contributed by atoms with Crippen LogP contribution in [0.3, 0.4) is 0 Å². The summed E-state index contributed by atoms with van der Waals surface area (Å²) in [4.78, 5) is 22.8. The highest BCUT2D eigenvalue weighted by atomic mass is 32.1. The molecule has 7 heteroatoms. The first-order valence-corrected chi connectivity index (χ1v) is 10.0. The second-order valence-electron chi connectivity index (χ2n) is 6.47. The largest absolute Gasteiger partial charge is 0.297 e. The SMILES string of the molecule is Cc1nc(CC(C)C)sc1C(=O)Nc1ncc(Cc2ccccc2F)s1. The maximum atomic E-state index is 13.8. The zero-order valence-corrected chi connectivity index (χ0v) is 16.5. The van der Waals surface area contributed by atoms with Crippen molar-refractivity contribution in [2.24, 2.45) is 5.92 Å². The molecular weight excluding hydrogens is 369 g/mol. The van der Waals surface area contributed by atoms with Crippen LogP contribution in [0.4, 0.5) is 9.52 Å². The van der Waals surface area contributed by atoms with Crippen LogP contribution in [0.2, 0.25) is 0 Å². The van der Waals surface area contributed by atoms with Gasteiger partial charge in [-0.15, -0.1) is 22.7 Å².